The smallest absolute Gasteiger partial charge is 0.251 e. The molecule has 2 amide bonds. The fourth-order valence-electron chi connectivity index (χ4n) is 2.64. The minimum Gasteiger partial charge on any atom is -0.369 e. The molecule has 6 heteroatoms. The number of amides is 2. The first kappa shape index (κ1) is 14.2. The molecule has 1 aliphatic carbocycles. The van der Waals surface area contributed by atoms with Gasteiger partial charge >= 0.3 is 0 Å². The lowest BCUT2D eigenvalue weighted by Crippen LogP contribution is -2.46. The number of aromatic nitrogens is 2. The zero-order chi connectivity index (χ0) is 15.5. The number of hydrogen-bond acceptors (Lipinski definition) is 4. The number of allylic oxidation sites excluding steroid dienone is 1. The molecule has 0 radical (unpaired) electrons. The van der Waals surface area contributed by atoms with E-state index in [0.29, 0.717) is 23.9 Å². The zero-order valence-corrected chi connectivity index (χ0v) is 11.9. The van der Waals surface area contributed by atoms with Crippen LogP contribution in [0.4, 0.5) is 0 Å². The average Bonchev–Trinajstić information content (AvgIpc) is 2.54. The van der Waals surface area contributed by atoms with Crippen molar-refractivity contribution < 1.29 is 9.59 Å². The number of rotatable bonds is 3. The number of carbonyl (C=O) groups is 2. The van der Waals surface area contributed by atoms with Gasteiger partial charge in [0.2, 0.25) is 5.91 Å². The predicted molar refractivity (Wildman–Crippen MR) is 81.9 cm³/mol. The van der Waals surface area contributed by atoms with Crippen LogP contribution in [-0.4, -0.2) is 27.8 Å². The Labute approximate surface area is 127 Å². The van der Waals surface area contributed by atoms with Crippen LogP contribution < -0.4 is 11.1 Å². The van der Waals surface area contributed by atoms with E-state index in [1.165, 1.54) is 0 Å². The van der Waals surface area contributed by atoms with Crippen molar-refractivity contribution in [1.82, 2.24) is 15.3 Å². The molecule has 0 saturated heterocycles. The topological polar surface area (TPSA) is 98.0 Å². The van der Waals surface area contributed by atoms with Crippen LogP contribution in [0, 0.1) is 5.92 Å². The molecule has 0 unspecified atom stereocenters. The largest absolute Gasteiger partial charge is 0.369 e. The molecule has 0 bridgehead atoms. The van der Waals surface area contributed by atoms with Crippen molar-refractivity contribution in [3.05, 3.63) is 48.3 Å². The zero-order valence-electron chi connectivity index (χ0n) is 11.9. The van der Waals surface area contributed by atoms with E-state index < -0.39 is 0 Å². The van der Waals surface area contributed by atoms with E-state index in [1.807, 2.05) is 12.2 Å². The predicted octanol–water partition coefficient (Wildman–Crippen LogP) is 1.18. The molecule has 112 valence electrons. The van der Waals surface area contributed by atoms with E-state index in [2.05, 4.69) is 15.3 Å². The highest BCUT2D eigenvalue weighted by Crippen LogP contribution is 2.19. The maximum atomic E-state index is 12.4. The quantitative estimate of drug-likeness (QED) is 0.831. The Balaban J connectivity index is 1.80. The summed E-state index contributed by atoms with van der Waals surface area (Å²) in [5.74, 6) is -0.993. The summed E-state index contributed by atoms with van der Waals surface area (Å²) in [5.41, 5.74) is 7.28. The summed E-state index contributed by atoms with van der Waals surface area (Å²) in [7, 11) is 0. The molecule has 3 N–H and O–H groups in total. The van der Waals surface area contributed by atoms with Gasteiger partial charge in [-0.2, -0.15) is 0 Å². The van der Waals surface area contributed by atoms with E-state index in [0.717, 1.165) is 5.52 Å². The van der Waals surface area contributed by atoms with Crippen molar-refractivity contribution in [2.75, 3.05) is 0 Å². The first-order valence-corrected chi connectivity index (χ1v) is 7.11. The van der Waals surface area contributed by atoms with Crippen LogP contribution in [0.25, 0.3) is 11.0 Å². The monoisotopic (exact) mass is 296 g/mol. The van der Waals surface area contributed by atoms with Gasteiger partial charge in [0.05, 0.1) is 17.0 Å². The number of nitrogens with zero attached hydrogens (tertiary/aromatic N) is 2. The molecular weight excluding hydrogens is 280 g/mol. The second-order valence-electron chi connectivity index (χ2n) is 5.29. The van der Waals surface area contributed by atoms with Crippen molar-refractivity contribution >= 4 is 22.8 Å². The summed E-state index contributed by atoms with van der Waals surface area (Å²) in [4.78, 5) is 32.2. The number of primary amides is 1. The van der Waals surface area contributed by atoms with Crippen molar-refractivity contribution in [3.8, 4) is 0 Å². The van der Waals surface area contributed by atoms with Gasteiger partial charge in [-0.1, -0.05) is 12.2 Å². The fraction of sp³-hybridized carbons (Fsp3) is 0.250. The third-order valence-corrected chi connectivity index (χ3v) is 3.85. The summed E-state index contributed by atoms with van der Waals surface area (Å²) in [5, 5.41) is 2.89. The van der Waals surface area contributed by atoms with Gasteiger partial charge in [-0.05, 0) is 31.0 Å². The molecule has 1 aromatic carbocycles. The first-order chi connectivity index (χ1) is 10.6. The molecule has 6 nitrogen and oxygen atoms in total. The van der Waals surface area contributed by atoms with Crippen LogP contribution >= 0.6 is 0 Å². The van der Waals surface area contributed by atoms with Crippen LogP contribution in [0.1, 0.15) is 23.2 Å². The van der Waals surface area contributed by atoms with Crippen LogP contribution in [0.3, 0.4) is 0 Å². The molecule has 2 atom stereocenters. The number of nitrogens with one attached hydrogen (secondary N) is 1. The van der Waals surface area contributed by atoms with Crippen LogP contribution in [0.5, 0.6) is 0 Å². The van der Waals surface area contributed by atoms with Crippen molar-refractivity contribution in [1.29, 1.82) is 0 Å². The Hall–Kier alpha value is -2.76. The summed E-state index contributed by atoms with van der Waals surface area (Å²) in [6.45, 7) is 0. The molecule has 22 heavy (non-hydrogen) atoms. The lowest BCUT2D eigenvalue weighted by atomic mass is 9.88. The minimum atomic E-state index is -0.390. The Kier molecular flexibility index (Phi) is 3.82. The molecule has 0 fully saturated rings. The fourth-order valence-corrected chi connectivity index (χ4v) is 2.64. The normalized spacial score (nSPS) is 20.7. The maximum absolute atomic E-state index is 12.4. The standard InChI is InChI=1S/C16H16N4O2/c17-15(21)11-3-1-2-4-12(11)20-16(22)10-5-6-13-14(9-10)19-8-7-18-13/h1-2,5-9,11-12H,3-4H2,(H2,17,21)(H,20,22)/t11-,12-/m1/s1. The van der Waals surface area contributed by atoms with E-state index in [4.69, 9.17) is 5.73 Å². The van der Waals surface area contributed by atoms with Gasteiger partial charge in [0.15, 0.2) is 0 Å². The molecule has 3 rings (SSSR count). The molecule has 1 heterocycles. The van der Waals surface area contributed by atoms with Crippen LogP contribution in [0.2, 0.25) is 0 Å². The lowest BCUT2D eigenvalue weighted by molar-refractivity contribution is -0.122. The van der Waals surface area contributed by atoms with Gasteiger partial charge in [-0.25, -0.2) is 0 Å². The third kappa shape index (κ3) is 2.81. The van der Waals surface area contributed by atoms with E-state index >= 15 is 0 Å². The number of hydrogen-bond donors (Lipinski definition) is 2. The summed E-state index contributed by atoms with van der Waals surface area (Å²) < 4.78 is 0. The average molecular weight is 296 g/mol. The van der Waals surface area contributed by atoms with Gasteiger partial charge in [-0.15, -0.1) is 0 Å². The van der Waals surface area contributed by atoms with E-state index in [-0.39, 0.29) is 23.8 Å². The Morgan fingerprint density at radius 2 is 1.82 bits per heavy atom. The van der Waals surface area contributed by atoms with E-state index in [1.54, 1.807) is 30.6 Å². The number of fused-ring (bicyclic) bond motifs is 1. The summed E-state index contributed by atoms with van der Waals surface area (Å²) in [6, 6.07) is 4.87. The van der Waals surface area contributed by atoms with E-state index in [9.17, 15) is 9.59 Å². The van der Waals surface area contributed by atoms with Gasteiger partial charge in [-0.3, -0.25) is 19.6 Å². The Morgan fingerprint density at radius 1 is 1.09 bits per heavy atom. The molecule has 0 saturated carbocycles. The second kappa shape index (κ2) is 5.93. The van der Waals surface area contributed by atoms with Gasteiger partial charge < -0.3 is 11.1 Å². The highest BCUT2D eigenvalue weighted by atomic mass is 16.2. The molecule has 0 aliphatic heterocycles. The maximum Gasteiger partial charge on any atom is 0.251 e. The second-order valence-corrected chi connectivity index (χ2v) is 5.29. The molecule has 1 aliphatic rings. The molecule has 0 spiro atoms. The first-order valence-electron chi connectivity index (χ1n) is 7.11. The van der Waals surface area contributed by atoms with Gasteiger partial charge in [0.25, 0.3) is 5.91 Å². The van der Waals surface area contributed by atoms with Gasteiger partial charge in [0, 0.05) is 24.0 Å². The Morgan fingerprint density at radius 3 is 2.59 bits per heavy atom. The van der Waals surface area contributed by atoms with Crippen molar-refractivity contribution in [2.45, 2.75) is 18.9 Å². The molecule has 2 aromatic rings. The van der Waals surface area contributed by atoms with Gasteiger partial charge in [0.1, 0.15) is 0 Å². The summed E-state index contributed by atoms with van der Waals surface area (Å²) in [6.07, 6.45) is 8.23. The summed E-state index contributed by atoms with van der Waals surface area (Å²) >= 11 is 0. The highest BCUT2D eigenvalue weighted by Gasteiger charge is 2.28. The Bertz CT molecular complexity index is 757. The number of benzene rings is 1. The van der Waals surface area contributed by atoms with Crippen LogP contribution in [-0.2, 0) is 4.79 Å². The third-order valence-electron chi connectivity index (χ3n) is 3.85. The number of carbonyl (C=O) groups excluding carboxylic acids is 2. The SMILES string of the molecule is NC(=O)[C@@H]1CC=CC[C@H]1NC(=O)c1ccc2nccnc2c1. The molecule has 1 aromatic heterocycles. The van der Waals surface area contributed by atoms with Crippen molar-refractivity contribution in [3.63, 3.8) is 0 Å². The van der Waals surface area contributed by atoms with Crippen molar-refractivity contribution in [2.24, 2.45) is 11.7 Å². The molecular formula is C16H16N4O2. The van der Waals surface area contributed by atoms with Crippen LogP contribution in [0.15, 0.2) is 42.7 Å². The highest BCUT2D eigenvalue weighted by molar-refractivity contribution is 5.97. The lowest BCUT2D eigenvalue weighted by Gasteiger charge is -2.26. The minimum absolute atomic E-state index is 0.237. The number of nitrogens with two attached hydrogens (primary N) is 1.